The molecule has 1 aromatic heterocycles. The van der Waals surface area contributed by atoms with E-state index < -0.39 is 5.54 Å². The van der Waals surface area contributed by atoms with Crippen molar-refractivity contribution in [1.82, 2.24) is 20.6 Å². The van der Waals surface area contributed by atoms with Crippen LogP contribution < -0.4 is 20.3 Å². The van der Waals surface area contributed by atoms with Gasteiger partial charge >= 0.3 is 0 Å². The molecule has 0 spiro atoms. The molecule has 3 heterocycles. The minimum Gasteiger partial charge on any atom is -0.497 e. The standard InChI is InChI=1S/C25H32FN5O3/c1-34-20-5-6-21(26)19(14-20)15-25(10-8-23(33)30-25)9-7-22(32)29-16-18-4-2-13-31(17-18)24-27-11-3-12-28-24/h3,5-6,11-12,14,18H,2,4,7-10,13,15-17H2,1H3,(H,29,32)(H,30,33)/t18-,25-/m1/s1. The second-order valence-electron chi connectivity index (χ2n) is 9.27. The first-order valence-electron chi connectivity index (χ1n) is 11.9. The van der Waals surface area contributed by atoms with Crippen molar-refractivity contribution in [3.63, 3.8) is 0 Å². The maximum atomic E-state index is 14.4. The molecule has 1 aromatic carbocycles. The predicted octanol–water partition coefficient (Wildman–Crippen LogP) is 2.63. The van der Waals surface area contributed by atoms with Crippen LogP contribution in [-0.2, 0) is 16.0 Å². The van der Waals surface area contributed by atoms with Crippen LogP contribution in [0.4, 0.5) is 10.3 Å². The molecule has 2 N–H and O–H groups in total. The van der Waals surface area contributed by atoms with Crippen LogP contribution >= 0.6 is 0 Å². The zero-order valence-corrected chi connectivity index (χ0v) is 19.6. The number of carbonyl (C=O) groups excluding carboxylic acids is 2. The van der Waals surface area contributed by atoms with E-state index in [1.165, 1.54) is 13.2 Å². The van der Waals surface area contributed by atoms with Gasteiger partial charge in [-0.25, -0.2) is 14.4 Å². The number of rotatable bonds is 9. The molecule has 0 unspecified atom stereocenters. The van der Waals surface area contributed by atoms with Crippen LogP contribution in [0.3, 0.4) is 0 Å². The molecule has 2 aromatic rings. The van der Waals surface area contributed by atoms with E-state index in [2.05, 4.69) is 25.5 Å². The number of nitrogens with one attached hydrogen (secondary N) is 2. The van der Waals surface area contributed by atoms with E-state index in [1.807, 2.05) is 0 Å². The zero-order chi connectivity index (χ0) is 24.0. The summed E-state index contributed by atoms with van der Waals surface area (Å²) >= 11 is 0. The Bertz CT molecular complexity index is 1010. The molecule has 2 aliphatic rings. The Morgan fingerprint density at radius 3 is 2.91 bits per heavy atom. The number of anilines is 1. The highest BCUT2D eigenvalue weighted by Crippen LogP contribution is 2.31. The van der Waals surface area contributed by atoms with Crippen LogP contribution in [0.2, 0.25) is 0 Å². The van der Waals surface area contributed by atoms with Crippen LogP contribution in [0.15, 0.2) is 36.7 Å². The average Bonchev–Trinajstić information content (AvgIpc) is 3.24. The highest BCUT2D eigenvalue weighted by Gasteiger charge is 2.38. The molecular weight excluding hydrogens is 437 g/mol. The number of aromatic nitrogens is 2. The van der Waals surface area contributed by atoms with E-state index in [4.69, 9.17) is 4.74 Å². The largest absolute Gasteiger partial charge is 0.497 e. The Morgan fingerprint density at radius 1 is 1.35 bits per heavy atom. The van der Waals surface area contributed by atoms with Gasteiger partial charge in [0, 0.05) is 50.4 Å². The summed E-state index contributed by atoms with van der Waals surface area (Å²) in [5, 5.41) is 6.08. The van der Waals surface area contributed by atoms with E-state index in [-0.39, 0.29) is 24.1 Å². The van der Waals surface area contributed by atoms with Crippen LogP contribution in [-0.4, -0.2) is 54.1 Å². The summed E-state index contributed by atoms with van der Waals surface area (Å²) in [5.41, 5.74) is -0.152. The van der Waals surface area contributed by atoms with Gasteiger partial charge < -0.3 is 20.3 Å². The van der Waals surface area contributed by atoms with Crippen LogP contribution in [0.5, 0.6) is 5.75 Å². The lowest BCUT2D eigenvalue weighted by Crippen LogP contribution is -2.45. The average molecular weight is 470 g/mol. The number of benzene rings is 1. The molecule has 34 heavy (non-hydrogen) atoms. The highest BCUT2D eigenvalue weighted by atomic mass is 19.1. The summed E-state index contributed by atoms with van der Waals surface area (Å²) in [4.78, 5) is 35.5. The monoisotopic (exact) mass is 469 g/mol. The molecule has 2 atom stereocenters. The predicted molar refractivity (Wildman–Crippen MR) is 126 cm³/mol. The molecule has 4 rings (SSSR count). The molecule has 0 radical (unpaired) electrons. The SMILES string of the molecule is COc1ccc(F)c(C[C@@]2(CCC(=O)NC[C@H]3CCCN(c4ncccn4)C3)CCC(=O)N2)c1. The lowest BCUT2D eigenvalue weighted by atomic mass is 9.84. The first-order valence-corrected chi connectivity index (χ1v) is 11.9. The van der Waals surface area contributed by atoms with Gasteiger partial charge in [-0.2, -0.15) is 0 Å². The van der Waals surface area contributed by atoms with Crippen molar-refractivity contribution in [2.75, 3.05) is 31.6 Å². The summed E-state index contributed by atoms with van der Waals surface area (Å²) in [7, 11) is 1.53. The maximum Gasteiger partial charge on any atom is 0.225 e. The first-order chi connectivity index (χ1) is 16.5. The van der Waals surface area contributed by atoms with Crippen LogP contribution in [0.25, 0.3) is 0 Å². The molecule has 182 valence electrons. The summed E-state index contributed by atoms with van der Waals surface area (Å²) in [6.45, 7) is 2.31. The Hall–Kier alpha value is -3.23. The third kappa shape index (κ3) is 6.01. The Kier molecular flexibility index (Phi) is 7.59. The van der Waals surface area contributed by atoms with Crippen LogP contribution in [0.1, 0.15) is 44.1 Å². The van der Waals surface area contributed by atoms with E-state index in [0.717, 1.165) is 31.9 Å². The zero-order valence-electron chi connectivity index (χ0n) is 19.6. The fraction of sp³-hybridized carbons (Fsp3) is 0.520. The molecule has 8 nitrogen and oxygen atoms in total. The molecule has 2 amide bonds. The smallest absolute Gasteiger partial charge is 0.225 e. The number of nitrogens with zero attached hydrogens (tertiary/aromatic N) is 3. The van der Waals surface area contributed by atoms with Gasteiger partial charge in [-0.05, 0) is 67.9 Å². The van der Waals surface area contributed by atoms with E-state index in [9.17, 15) is 14.0 Å². The number of piperidine rings is 1. The van der Waals surface area contributed by atoms with Gasteiger partial charge in [-0.15, -0.1) is 0 Å². The Labute approximate surface area is 199 Å². The quantitative estimate of drug-likeness (QED) is 0.586. The van der Waals surface area contributed by atoms with Gasteiger partial charge in [0.1, 0.15) is 11.6 Å². The third-order valence-electron chi connectivity index (χ3n) is 6.79. The molecular formula is C25H32FN5O3. The van der Waals surface area contributed by atoms with Crippen molar-refractivity contribution >= 4 is 17.8 Å². The van der Waals surface area contributed by atoms with Gasteiger partial charge in [0.05, 0.1) is 7.11 Å². The Morgan fingerprint density at radius 2 is 2.18 bits per heavy atom. The highest BCUT2D eigenvalue weighted by molar-refractivity contribution is 5.80. The number of halogens is 1. The van der Waals surface area contributed by atoms with Crippen molar-refractivity contribution < 1.29 is 18.7 Å². The summed E-state index contributed by atoms with van der Waals surface area (Å²) in [5.74, 6) is 1.16. The molecule has 0 aliphatic carbocycles. The molecule has 0 bridgehead atoms. The van der Waals surface area contributed by atoms with Crippen molar-refractivity contribution in [2.24, 2.45) is 5.92 Å². The molecule has 2 fully saturated rings. The van der Waals surface area contributed by atoms with Gasteiger partial charge in [0.2, 0.25) is 17.8 Å². The molecule has 2 aliphatic heterocycles. The summed E-state index contributed by atoms with van der Waals surface area (Å²) < 4.78 is 19.7. The number of hydrogen-bond acceptors (Lipinski definition) is 6. The first kappa shape index (κ1) is 23.9. The van der Waals surface area contributed by atoms with Gasteiger partial charge in [-0.1, -0.05) is 0 Å². The van der Waals surface area contributed by atoms with Crippen molar-refractivity contribution in [3.05, 3.63) is 48.0 Å². The van der Waals surface area contributed by atoms with Crippen LogP contribution in [0, 0.1) is 11.7 Å². The van der Waals surface area contributed by atoms with Crippen molar-refractivity contribution in [2.45, 2.75) is 50.5 Å². The third-order valence-corrected chi connectivity index (χ3v) is 6.79. The maximum absolute atomic E-state index is 14.4. The van der Waals surface area contributed by atoms with Gasteiger partial charge in [-0.3, -0.25) is 9.59 Å². The number of amides is 2. The molecule has 9 heteroatoms. The summed E-state index contributed by atoms with van der Waals surface area (Å²) in [6, 6.07) is 6.40. The van der Waals surface area contributed by atoms with E-state index in [1.54, 1.807) is 30.6 Å². The molecule has 2 saturated heterocycles. The second-order valence-corrected chi connectivity index (χ2v) is 9.27. The fourth-order valence-corrected chi connectivity index (χ4v) is 4.93. The minimum absolute atomic E-state index is 0.0558. The van der Waals surface area contributed by atoms with Crippen molar-refractivity contribution in [1.29, 1.82) is 0 Å². The Balaban J connectivity index is 1.31. The van der Waals surface area contributed by atoms with Gasteiger partial charge in [0.25, 0.3) is 0 Å². The number of methoxy groups -OCH3 is 1. The van der Waals surface area contributed by atoms with Gasteiger partial charge in [0.15, 0.2) is 0 Å². The minimum atomic E-state index is -0.631. The normalized spacial score (nSPS) is 22.4. The van der Waals surface area contributed by atoms with Crippen molar-refractivity contribution in [3.8, 4) is 5.75 Å². The second kappa shape index (κ2) is 10.8. The topological polar surface area (TPSA) is 96.4 Å². The van der Waals surface area contributed by atoms with E-state index in [0.29, 0.717) is 49.5 Å². The number of ether oxygens (including phenoxy) is 1. The number of hydrogen-bond donors (Lipinski definition) is 2. The lowest BCUT2D eigenvalue weighted by Gasteiger charge is -2.33. The molecule has 0 saturated carbocycles. The van der Waals surface area contributed by atoms with E-state index >= 15 is 0 Å². The summed E-state index contributed by atoms with van der Waals surface area (Å²) in [6.07, 6.45) is 7.55. The number of carbonyl (C=O) groups is 2. The fourth-order valence-electron chi connectivity index (χ4n) is 4.93. The lowest BCUT2D eigenvalue weighted by molar-refractivity contribution is -0.123.